The second-order valence-electron chi connectivity index (χ2n) is 8.54. The summed E-state index contributed by atoms with van der Waals surface area (Å²) in [6.45, 7) is 9.65. The van der Waals surface area contributed by atoms with Crippen LogP contribution in [-0.2, 0) is 0 Å². The molecule has 0 saturated carbocycles. The number of para-hydroxylation sites is 2. The molecule has 2 aromatic carbocycles. The monoisotopic (exact) mass is 426 g/mol. The van der Waals surface area contributed by atoms with E-state index in [-0.39, 0.29) is 18.3 Å². The number of nitrogens with zero attached hydrogens (tertiary/aromatic N) is 4. The van der Waals surface area contributed by atoms with Gasteiger partial charge in [-0.2, -0.15) is 0 Å². The lowest BCUT2D eigenvalue weighted by molar-refractivity contribution is 0.0734. The smallest absolute Gasteiger partial charge is 0.253 e. The summed E-state index contributed by atoms with van der Waals surface area (Å²) in [5.74, 6) is 1.70. The van der Waals surface area contributed by atoms with Crippen LogP contribution in [0, 0.1) is 12.8 Å². The second-order valence-corrected chi connectivity index (χ2v) is 8.54. The van der Waals surface area contributed by atoms with Gasteiger partial charge >= 0.3 is 0 Å². The number of aryl methyl sites for hydroxylation is 1. The molecule has 1 aromatic heterocycles. The Morgan fingerprint density at radius 2 is 1.87 bits per heavy atom. The van der Waals surface area contributed by atoms with Crippen molar-refractivity contribution < 1.29 is 4.79 Å². The van der Waals surface area contributed by atoms with E-state index >= 15 is 0 Å². The standard InChI is InChI=1S/C24H30N4O.ClH/c1-17(2)15-27-14-13-21(16-27)26(4)24(29)19-9-11-20(12-10-19)28-18(3)25-22-7-5-6-8-23(22)28;/h5-12,17,21H,13-16H2,1-4H3;1H/t21-;/m1./s1. The van der Waals surface area contributed by atoms with Crippen molar-refractivity contribution >= 4 is 29.3 Å². The van der Waals surface area contributed by atoms with Crippen LogP contribution in [0.5, 0.6) is 0 Å². The fourth-order valence-electron chi connectivity index (χ4n) is 4.41. The Balaban J connectivity index is 0.00000256. The number of imidazole rings is 1. The van der Waals surface area contributed by atoms with Crippen LogP contribution >= 0.6 is 12.4 Å². The number of aromatic nitrogens is 2. The van der Waals surface area contributed by atoms with Crippen molar-refractivity contribution in [3.05, 3.63) is 59.9 Å². The molecular weight excluding hydrogens is 396 g/mol. The van der Waals surface area contributed by atoms with Gasteiger partial charge in [-0.1, -0.05) is 26.0 Å². The van der Waals surface area contributed by atoms with Crippen molar-refractivity contribution in [1.82, 2.24) is 19.4 Å². The summed E-state index contributed by atoms with van der Waals surface area (Å²) in [7, 11) is 1.94. The number of hydrogen-bond donors (Lipinski definition) is 0. The third-order valence-electron chi connectivity index (χ3n) is 5.84. The van der Waals surface area contributed by atoms with Crippen molar-refractivity contribution in [3.63, 3.8) is 0 Å². The lowest BCUT2D eigenvalue weighted by Gasteiger charge is -2.25. The lowest BCUT2D eigenvalue weighted by atomic mass is 10.1. The van der Waals surface area contributed by atoms with Crippen LogP contribution in [0.1, 0.15) is 36.5 Å². The van der Waals surface area contributed by atoms with E-state index < -0.39 is 0 Å². The van der Waals surface area contributed by atoms with Gasteiger partial charge in [-0.05, 0) is 55.7 Å². The molecule has 30 heavy (non-hydrogen) atoms. The minimum absolute atomic E-state index is 0. The van der Waals surface area contributed by atoms with Gasteiger partial charge in [0.1, 0.15) is 5.82 Å². The second kappa shape index (κ2) is 9.19. The first-order valence-electron chi connectivity index (χ1n) is 10.5. The van der Waals surface area contributed by atoms with Crippen molar-refractivity contribution in [2.75, 3.05) is 26.7 Å². The number of rotatable bonds is 5. The molecule has 1 aliphatic heterocycles. The molecule has 1 aliphatic rings. The Labute approximate surface area is 185 Å². The largest absolute Gasteiger partial charge is 0.337 e. The zero-order valence-corrected chi connectivity index (χ0v) is 19.0. The number of carbonyl (C=O) groups is 1. The molecule has 3 aromatic rings. The maximum absolute atomic E-state index is 13.0. The van der Waals surface area contributed by atoms with Crippen molar-refractivity contribution in [1.29, 1.82) is 0 Å². The van der Waals surface area contributed by atoms with Crippen LogP contribution in [0.15, 0.2) is 48.5 Å². The third-order valence-corrected chi connectivity index (χ3v) is 5.84. The molecule has 2 heterocycles. The summed E-state index contributed by atoms with van der Waals surface area (Å²) in [6, 6.07) is 16.3. The van der Waals surface area contributed by atoms with Crippen molar-refractivity contribution in [2.45, 2.75) is 33.2 Å². The molecule has 0 unspecified atom stereocenters. The Morgan fingerprint density at radius 3 is 2.57 bits per heavy atom. The lowest BCUT2D eigenvalue weighted by Crippen LogP contribution is -2.39. The summed E-state index contributed by atoms with van der Waals surface area (Å²) in [4.78, 5) is 22.1. The molecule has 6 heteroatoms. The third kappa shape index (κ3) is 4.37. The van der Waals surface area contributed by atoms with Gasteiger partial charge < -0.3 is 9.80 Å². The highest BCUT2D eigenvalue weighted by atomic mass is 35.5. The van der Waals surface area contributed by atoms with Gasteiger partial charge in [0.05, 0.1) is 11.0 Å². The predicted octanol–water partition coefficient (Wildman–Crippen LogP) is 4.56. The van der Waals surface area contributed by atoms with Gasteiger partial charge in [0.2, 0.25) is 0 Å². The van der Waals surface area contributed by atoms with Gasteiger partial charge in [0.15, 0.2) is 0 Å². The fourth-order valence-corrected chi connectivity index (χ4v) is 4.41. The minimum Gasteiger partial charge on any atom is -0.337 e. The highest BCUT2D eigenvalue weighted by Crippen LogP contribution is 2.22. The summed E-state index contributed by atoms with van der Waals surface area (Å²) < 4.78 is 2.13. The van der Waals surface area contributed by atoms with E-state index in [4.69, 9.17) is 0 Å². The van der Waals surface area contributed by atoms with Gasteiger partial charge in [-0.25, -0.2) is 4.98 Å². The molecule has 1 atom stereocenters. The molecule has 0 N–H and O–H groups in total. The van der Waals surface area contributed by atoms with E-state index in [1.165, 1.54) is 0 Å². The Hall–Kier alpha value is -2.37. The zero-order valence-electron chi connectivity index (χ0n) is 18.2. The van der Waals surface area contributed by atoms with Gasteiger partial charge in [-0.3, -0.25) is 9.36 Å². The minimum atomic E-state index is 0. The number of carbonyl (C=O) groups excluding carboxylic acids is 1. The topological polar surface area (TPSA) is 41.4 Å². The zero-order chi connectivity index (χ0) is 20.5. The molecule has 1 fully saturated rings. The molecule has 0 spiro atoms. The Kier molecular flexibility index (Phi) is 6.84. The molecule has 1 saturated heterocycles. The molecule has 160 valence electrons. The molecule has 0 radical (unpaired) electrons. The molecule has 1 amide bonds. The van der Waals surface area contributed by atoms with E-state index in [1.807, 2.05) is 61.3 Å². The molecular formula is C24H31ClN4O. The number of likely N-dealkylation sites (tertiary alicyclic amines) is 1. The first-order chi connectivity index (χ1) is 13.9. The number of halogens is 1. The van der Waals surface area contributed by atoms with E-state index in [0.29, 0.717) is 12.0 Å². The van der Waals surface area contributed by atoms with E-state index in [9.17, 15) is 4.79 Å². The number of hydrogen-bond acceptors (Lipinski definition) is 3. The highest BCUT2D eigenvalue weighted by Gasteiger charge is 2.29. The summed E-state index contributed by atoms with van der Waals surface area (Å²) in [5, 5.41) is 0. The quantitative estimate of drug-likeness (QED) is 0.600. The van der Waals surface area contributed by atoms with Crippen LogP contribution < -0.4 is 0 Å². The summed E-state index contributed by atoms with van der Waals surface area (Å²) in [5.41, 5.74) is 3.83. The summed E-state index contributed by atoms with van der Waals surface area (Å²) >= 11 is 0. The normalized spacial score (nSPS) is 16.8. The number of fused-ring (bicyclic) bond motifs is 1. The van der Waals surface area contributed by atoms with Gasteiger partial charge in [0, 0.05) is 44.0 Å². The molecule has 5 nitrogen and oxygen atoms in total. The Bertz CT molecular complexity index is 1010. The SMILES string of the molecule is Cc1nc2ccccc2n1-c1ccc(C(=O)N(C)[C@@H]2CCN(CC(C)C)C2)cc1.Cl. The fraction of sp³-hybridized carbons (Fsp3) is 0.417. The van der Waals surface area contributed by atoms with E-state index in [2.05, 4.69) is 34.4 Å². The maximum Gasteiger partial charge on any atom is 0.253 e. The van der Waals surface area contributed by atoms with Crippen LogP contribution in [0.25, 0.3) is 16.7 Å². The van der Waals surface area contributed by atoms with E-state index in [1.54, 1.807) is 0 Å². The molecule has 0 aliphatic carbocycles. The first-order valence-corrected chi connectivity index (χ1v) is 10.5. The number of likely N-dealkylation sites (N-methyl/N-ethyl adjacent to an activating group) is 1. The first kappa shape index (κ1) is 22.3. The predicted molar refractivity (Wildman–Crippen MR) is 125 cm³/mol. The van der Waals surface area contributed by atoms with Gasteiger partial charge in [-0.15, -0.1) is 12.4 Å². The van der Waals surface area contributed by atoms with Gasteiger partial charge in [0.25, 0.3) is 5.91 Å². The number of amides is 1. The average molecular weight is 427 g/mol. The van der Waals surface area contributed by atoms with Crippen LogP contribution in [0.4, 0.5) is 0 Å². The van der Waals surface area contributed by atoms with Crippen molar-refractivity contribution in [3.8, 4) is 5.69 Å². The summed E-state index contributed by atoms with van der Waals surface area (Å²) in [6.07, 6.45) is 1.05. The highest BCUT2D eigenvalue weighted by molar-refractivity contribution is 5.94. The molecule has 0 bridgehead atoms. The average Bonchev–Trinajstić information content (AvgIpc) is 3.30. The van der Waals surface area contributed by atoms with E-state index in [0.717, 1.165) is 54.2 Å². The van der Waals surface area contributed by atoms with Crippen molar-refractivity contribution in [2.24, 2.45) is 5.92 Å². The Morgan fingerprint density at radius 1 is 1.17 bits per heavy atom. The van der Waals surface area contributed by atoms with Crippen LogP contribution in [-0.4, -0.2) is 58.0 Å². The van der Waals surface area contributed by atoms with Crippen LogP contribution in [0.2, 0.25) is 0 Å². The number of benzene rings is 2. The van der Waals surface area contributed by atoms with Crippen LogP contribution in [0.3, 0.4) is 0 Å². The molecule has 4 rings (SSSR count). The maximum atomic E-state index is 13.0.